The van der Waals surface area contributed by atoms with Gasteiger partial charge in [0.15, 0.2) is 0 Å². The lowest BCUT2D eigenvalue weighted by Gasteiger charge is -2.24. The van der Waals surface area contributed by atoms with Crippen LogP contribution in [-0.4, -0.2) is 55.6 Å². The summed E-state index contributed by atoms with van der Waals surface area (Å²) < 4.78 is 31.6. The van der Waals surface area contributed by atoms with E-state index in [1.165, 1.54) is 7.05 Å². The molecule has 6 nitrogen and oxygen atoms in total. The van der Waals surface area contributed by atoms with Gasteiger partial charge >= 0.3 is 6.05 Å². The van der Waals surface area contributed by atoms with Gasteiger partial charge in [0.05, 0.1) is 6.61 Å². The molecule has 0 bridgehead atoms. The molecule has 17 heavy (non-hydrogen) atoms. The zero-order valence-electron chi connectivity index (χ0n) is 9.73. The highest BCUT2D eigenvalue weighted by Crippen LogP contribution is 2.21. The number of ether oxygens (including phenoxy) is 1. The lowest BCUT2D eigenvalue weighted by molar-refractivity contribution is -0.618. The first-order valence-electron chi connectivity index (χ1n) is 5.18. The van der Waals surface area contributed by atoms with Crippen LogP contribution in [0, 0.1) is 16.0 Å². The minimum absolute atomic E-state index is 0.110. The molecule has 98 valence electrons. The van der Waals surface area contributed by atoms with Gasteiger partial charge in [0, 0.05) is 33.2 Å². The summed E-state index contributed by atoms with van der Waals surface area (Å²) in [6.07, 6.45) is 0.769. The van der Waals surface area contributed by atoms with Gasteiger partial charge in [0.25, 0.3) is 5.84 Å². The summed E-state index contributed by atoms with van der Waals surface area (Å²) in [4.78, 5) is 13.1. The second-order valence-corrected chi connectivity index (χ2v) is 3.96. The third-order valence-electron chi connectivity index (χ3n) is 2.63. The van der Waals surface area contributed by atoms with E-state index in [4.69, 9.17) is 4.74 Å². The van der Waals surface area contributed by atoms with E-state index in [0.717, 1.165) is 18.4 Å². The molecule has 0 N–H and O–H groups in total. The van der Waals surface area contributed by atoms with Gasteiger partial charge in [-0.3, -0.25) is 15.1 Å². The fourth-order valence-corrected chi connectivity index (χ4v) is 1.82. The molecule has 1 aliphatic heterocycles. The molecule has 0 amide bonds. The Morgan fingerprint density at radius 2 is 2.35 bits per heavy atom. The third-order valence-corrected chi connectivity index (χ3v) is 2.63. The monoisotopic (exact) mass is 251 g/mol. The first-order chi connectivity index (χ1) is 7.89. The Labute approximate surface area is 97.4 Å². The number of nitrogens with zero attached hydrogens (tertiary/aromatic N) is 3. The van der Waals surface area contributed by atoms with Crippen molar-refractivity contribution in [2.24, 2.45) is 10.9 Å². The van der Waals surface area contributed by atoms with Crippen molar-refractivity contribution in [2.45, 2.75) is 12.5 Å². The Bertz CT molecular complexity index is 317. The summed E-state index contributed by atoms with van der Waals surface area (Å²) >= 11 is 0. The molecule has 1 aliphatic rings. The van der Waals surface area contributed by atoms with E-state index in [1.807, 2.05) is 0 Å². The summed E-state index contributed by atoms with van der Waals surface area (Å²) in [7, 11) is 2.49. The van der Waals surface area contributed by atoms with E-state index >= 15 is 0 Å². The van der Waals surface area contributed by atoms with Crippen molar-refractivity contribution in [1.29, 1.82) is 0 Å². The molecular weight excluding hydrogens is 236 g/mol. The topological polar surface area (TPSA) is 68.0 Å². The molecule has 1 rings (SSSR count). The van der Waals surface area contributed by atoms with Gasteiger partial charge in [-0.05, 0) is 6.42 Å². The van der Waals surface area contributed by atoms with Gasteiger partial charge in [-0.25, -0.2) is 0 Å². The summed E-state index contributed by atoms with van der Waals surface area (Å²) in [6, 6.07) is -4.15. The van der Waals surface area contributed by atoms with Crippen LogP contribution < -0.4 is 0 Å². The Balaban J connectivity index is 2.70. The molecular formula is C9H15F2N3O3. The van der Waals surface area contributed by atoms with E-state index in [2.05, 4.69) is 4.99 Å². The standard InChI is InChI=1S/C9H15F2N3O3/c1-12-8(9(10,11)14(15)16)13(2)5-7-3-4-17-6-7/h7H,3-6H2,1-2H3. The van der Waals surface area contributed by atoms with Gasteiger partial charge in [-0.1, -0.05) is 0 Å². The zero-order valence-corrected chi connectivity index (χ0v) is 9.73. The number of halogens is 2. The highest BCUT2D eigenvalue weighted by molar-refractivity contribution is 5.87. The molecule has 0 radical (unpaired) electrons. The number of likely N-dealkylation sites (N-methyl/N-ethyl adjacent to an activating group) is 1. The van der Waals surface area contributed by atoms with E-state index in [9.17, 15) is 18.9 Å². The Morgan fingerprint density at radius 1 is 1.71 bits per heavy atom. The summed E-state index contributed by atoms with van der Waals surface area (Å²) in [5, 5.41) is 10.3. The number of hydrogen-bond donors (Lipinski definition) is 0. The van der Waals surface area contributed by atoms with Crippen molar-refractivity contribution in [3.8, 4) is 0 Å². The fourth-order valence-electron chi connectivity index (χ4n) is 1.82. The molecule has 1 heterocycles. The molecule has 0 saturated carbocycles. The van der Waals surface area contributed by atoms with Crippen LogP contribution in [0.15, 0.2) is 4.99 Å². The van der Waals surface area contributed by atoms with Gasteiger partial charge < -0.3 is 9.64 Å². The minimum Gasteiger partial charge on any atom is -0.381 e. The van der Waals surface area contributed by atoms with Crippen molar-refractivity contribution in [2.75, 3.05) is 33.9 Å². The van der Waals surface area contributed by atoms with Crippen molar-refractivity contribution in [3.05, 3.63) is 10.1 Å². The van der Waals surface area contributed by atoms with Crippen LogP contribution in [0.2, 0.25) is 0 Å². The van der Waals surface area contributed by atoms with Crippen molar-refractivity contribution in [1.82, 2.24) is 4.90 Å². The number of rotatable bonds is 4. The smallest absolute Gasteiger partial charge is 0.381 e. The summed E-state index contributed by atoms with van der Waals surface area (Å²) in [5.41, 5.74) is 0. The van der Waals surface area contributed by atoms with E-state index < -0.39 is 16.8 Å². The third kappa shape index (κ3) is 3.09. The predicted octanol–water partition coefficient (Wildman–Crippen LogP) is 0.853. The predicted molar refractivity (Wildman–Crippen MR) is 56.9 cm³/mol. The lowest BCUT2D eigenvalue weighted by atomic mass is 10.1. The maximum atomic E-state index is 13.2. The van der Waals surface area contributed by atoms with Crippen LogP contribution in [0.25, 0.3) is 0 Å². The largest absolute Gasteiger partial charge is 0.572 e. The Hall–Kier alpha value is -1.31. The van der Waals surface area contributed by atoms with E-state index in [-0.39, 0.29) is 12.5 Å². The van der Waals surface area contributed by atoms with Crippen LogP contribution in [-0.2, 0) is 4.74 Å². The molecule has 1 fully saturated rings. The number of amidine groups is 1. The molecule has 0 aromatic heterocycles. The van der Waals surface area contributed by atoms with Gasteiger partial charge in [0.1, 0.15) is 4.92 Å². The zero-order chi connectivity index (χ0) is 13.1. The molecule has 0 aliphatic carbocycles. The molecule has 0 aromatic rings. The average Bonchev–Trinajstić information content (AvgIpc) is 2.70. The maximum Gasteiger partial charge on any atom is 0.572 e. The molecule has 1 saturated heterocycles. The van der Waals surface area contributed by atoms with Crippen molar-refractivity contribution in [3.63, 3.8) is 0 Å². The molecule has 0 aromatic carbocycles. The van der Waals surface area contributed by atoms with Crippen LogP contribution in [0.3, 0.4) is 0 Å². The first-order valence-corrected chi connectivity index (χ1v) is 5.18. The molecule has 1 unspecified atom stereocenters. The average molecular weight is 251 g/mol. The van der Waals surface area contributed by atoms with Gasteiger partial charge in [-0.15, -0.1) is 8.78 Å². The Morgan fingerprint density at radius 3 is 2.76 bits per heavy atom. The van der Waals surface area contributed by atoms with E-state index in [0.29, 0.717) is 13.2 Å². The number of hydrogen-bond acceptors (Lipinski definition) is 4. The first kappa shape index (κ1) is 13.8. The molecule has 8 heteroatoms. The summed E-state index contributed by atoms with van der Waals surface area (Å²) in [6.45, 7) is 1.37. The van der Waals surface area contributed by atoms with Crippen LogP contribution in [0.5, 0.6) is 0 Å². The van der Waals surface area contributed by atoms with Crippen molar-refractivity contribution >= 4 is 5.84 Å². The van der Waals surface area contributed by atoms with Gasteiger partial charge in [0.2, 0.25) is 0 Å². The Kier molecular flexibility index (Phi) is 4.33. The van der Waals surface area contributed by atoms with Crippen LogP contribution in [0.1, 0.15) is 6.42 Å². The van der Waals surface area contributed by atoms with E-state index in [1.54, 1.807) is 0 Å². The second-order valence-electron chi connectivity index (χ2n) is 3.96. The van der Waals surface area contributed by atoms with Crippen LogP contribution in [0.4, 0.5) is 8.78 Å². The number of alkyl halides is 2. The van der Waals surface area contributed by atoms with Crippen LogP contribution >= 0.6 is 0 Å². The normalized spacial score (nSPS) is 21.6. The lowest BCUT2D eigenvalue weighted by Crippen LogP contribution is -2.48. The van der Waals surface area contributed by atoms with Gasteiger partial charge in [-0.2, -0.15) is 0 Å². The second kappa shape index (κ2) is 5.35. The molecule has 1 atom stereocenters. The maximum absolute atomic E-state index is 13.2. The summed E-state index contributed by atoms with van der Waals surface area (Å²) in [5.74, 6) is -0.714. The number of aliphatic imine (C=N–C) groups is 1. The highest BCUT2D eigenvalue weighted by Gasteiger charge is 2.52. The fraction of sp³-hybridized carbons (Fsp3) is 0.889. The molecule has 0 spiro atoms. The minimum atomic E-state index is -4.15. The highest BCUT2D eigenvalue weighted by atomic mass is 19.3. The number of nitro groups is 1. The van der Waals surface area contributed by atoms with Crippen molar-refractivity contribution < 1.29 is 18.4 Å². The SMILES string of the molecule is CN=C(N(C)CC1CCOC1)C(F)(F)[N+](=O)[O-]. The quantitative estimate of drug-likeness (QED) is 0.244.